The van der Waals surface area contributed by atoms with Gasteiger partial charge in [-0.15, -0.1) is 11.3 Å². The third-order valence-electron chi connectivity index (χ3n) is 6.08. The fourth-order valence-electron chi connectivity index (χ4n) is 4.38. The highest BCUT2D eigenvalue weighted by Crippen LogP contribution is 2.36. The molecule has 7 heteroatoms. The molecule has 0 atom stereocenters. The number of carbonyl (C=O) groups is 1. The minimum atomic E-state index is -0.0851. The second kappa shape index (κ2) is 9.64. The number of para-hydroxylation sites is 1. The molecule has 0 aliphatic heterocycles. The molecule has 2 heterocycles. The highest BCUT2D eigenvalue weighted by molar-refractivity contribution is 7.20. The van der Waals surface area contributed by atoms with Gasteiger partial charge in [-0.2, -0.15) is 0 Å². The number of ether oxygens (including phenoxy) is 1. The maximum atomic E-state index is 13.1. The Balaban J connectivity index is 1.57. The Morgan fingerprint density at radius 1 is 1.23 bits per heavy atom. The maximum absolute atomic E-state index is 13.1. The van der Waals surface area contributed by atoms with Gasteiger partial charge in [-0.05, 0) is 38.3 Å². The second-order valence-electron chi connectivity index (χ2n) is 8.06. The number of benzene rings is 1. The summed E-state index contributed by atoms with van der Waals surface area (Å²) in [5, 5.41) is 4.06. The summed E-state index contributed by atoms with van der Waals surface area (Å²) in [4.78, 5) is 26.0. The molecule has 0 bridgehead atoms. The third-order valence-corrected chi connectivity index (χ3v) is 7.28. The van der Waals surface area contributed by atoms with Crippen molar-refractivity contribution in [2.75, 3.05) is 18.6 Å². The maximum Gasteiger partial charge on any atom is 0.261 e. The molecular formula is C24H30N4O2S. The van der Waals surface area contributed by atoms with Crippen LogP contribution in [-0.2, 0) is 6.54 Å². The van der Waals surface area contributed by atoms with E-state index in [-0.39, 0.29) is 5.91 Å². The number of carbonyl (C=O) groups excluding carboxylic acids is 1. The molecule has 1 fully saturated rings. The molecule has 1 aliphatic rings. The first kappa shape index (κ1) is 21.6. The average molecular weight is 439 g/mol. The lowest BCUT2D eigenvalue weighted by molar-refractivity contribution is 0.0954. The minimum Gasteiger partial charge on any atom is -0.494 e. The van der Waals surface area contributed by atoms with E-state index in [1.54, 1.807) is 6.33 Å². The first-order valence-corrected chi connectivity index (χ1v) is 11.9. The summed E-state index contributed by atoms with van der Waals surface area (Å²) >= 11 is 1.44. The van der Waals surface area contributed by atoms with E-state index in [1.165, 1.54) is 43.4 Å². The number of thiophene rings is 1. The van der Waals surface area contributed by atoms with Gasteiger partial charge in [0.05, 0.1) is 16.9 Å². The third kappa shape index (κ3) is 4.51. The average Bonchev–Trinajstić information content (AvgIpc) is 3.15. The normalized spacial score (nSPS) is 14.5. The van der Waals surface area contributed by atoms with Crippen LogP contribution in [-0.4, -0.2) is 35.6 Å². The van der Waals surface area contributed by atoms with Crippen molar-refractivity contribution < 1.29 is 9.53 Å². The van der Waals surface area contributed by atoms with E-state index in [2.05, 4.69) is 27.2 Å². The van der Waals surface area contributed by atoms with Crippen molar-refractivity contribution in [1.29, 1.82) is 0 Å². The lowest BCUT2D eigenvalue weighted by Gasteiger charge is -2.32. The Morgan fingerprint density at radius 2 is 2.00 bits per heavy atom. The number of nitrogens with zero attached hydrogens (tertiary/aromatic N) is 3. The SMILES string of the molecule is CCOc1ccccc1CNC(=O)c1sc2ncnc(N(C)C3CCCCC3)c2c1C. The van der Waals surface area contributed by atoms with E-state index in [4.69, 9.17) is 4.74 Å². The molecule has 4 rings (SSSR count). The van der Waals surface area contributed by atoms with Gasteiger partial charge in [0.1, 0.15) is 22.7 Å². The molecule has 164 valence electrons. The van der Waals surface area contributed by atoms with Crippen molar-refractivity contribution in [3.8, 4) is 5.75 Å². The van der Waals surface area contributed by atoms with Gasteiger partial charge < -0.3 is 15.0 Å². The predicted molar refractivity (Wildman–Crippen MR) is 126 cm³/mol. The molecule has 2 aromatic heterocycles. The van der Waals surface area contributed by atoms with Gasteiger partial charge in [0.15, 0.2) is 0 Å². The number of anilines is 1. The molecule has 6 nitrogen and oxygen atoms in total. The molecule has 1 aromatic carbocycles. The van der Waals surface area contributed by atoms with Crippen LogP contribution in [0.2, 0.25) is 0 Å². The summed E-state index contributed by atoms with van der Waals surface area (Å²) in [6, 6.07) is 8.30. The van der Waals surface area contributed by atoms with Crippen molar-refractivity contribution in [3.63, 3.8) is 0 Å². The van der Waals surface area contributed by atoms with Crippen LogP contribution in [0.4, 0.5) is 5.82 Å². The Kier molecular flexibility index (Phi) is 6.70. The van der Waals surface area contributed by atoms with Gasteiger partial charge in [-0.1, -0.05) is 37.5 Å². The van der Waals surface area contributed by atoms with Crippen molar-refractivity contribution >= 4 is 33.3 Å². The van der Waals surface area contributed by atoms with E-state index in [0.717, 1.165) is 32.9 Å². The summed E-state index contributed by atoms with van der Waals surface area (Å²) in [5.74, 6) is 1.66. The van der Waals surface area contributed by atoms with Crippen LogP contribution in [0.1, 0.15) is 59.8 Å². The zero-order valence-corrected chi connectivity index (χ0v) is 19.3. The summed E-state index contributed by atoms with van der Waals surface area (Å²) in [7, 11) is 2.12. The van der Waals surface area contributed by atoms with Crippen LogP contribution in [0.3, 0.4) is 0 Å². The van der Waals surface area contributed by atoms with Crippen molar-refractivity contribution in [1.82, 2.24) is 15.3 Å². The van der Waals surface area contributed by atoms with Crippen LogP contribution >= 0.6 is 11.3 Å². The number of fused-ring (bicyclic) bond motifs is 1. The van der Waals surface area contributed by atoms with Gasteiger partial charge in [-0.3, -0.25) is 4.79 Å². The van der Waals surface area contributed by atoms with Crippen LogP contribution in [0.25, 0.3) is 10.2 Å². The number of hydrogen-bond donors (Lipinski definition) is 1. The van der Waals surface area contributed by atoms with Gasteiger partial charge in [-0.25, -0.2) is 9.97 Å². The Labute approximate surface area is 187 Å². The molecule has 31 heavy (non-hydrogen) atoms. The molecule has 3 aromatic rings. The van der Waals surface area contributed by atoms with E-state index in [1.807, 2.05) is 38.1 Å². The molecule has 1 aliphatic carbocycles. The molecule has 0 spiro atoms. The van der Waals surface area contributed by atoms with Gasteiger partial charge in [0, 0.05) is 25.2 Å². The van der Waals surface area contributed by atoms with Crippen LogP contribution in [0.15, 0.2) is 30.6 Å². The van der Waals surface area contributed by atoms with Crippen molar-refractivity contribution in [3.05, 3.63) is 46.6 Å². The molecule has 1 saturated carbocycles. The van der Waals surface area contributed by atoms with E-state index < -0.39 is 0 Å². The molecule has 0 radical (unpaired) electrons. The highest BCUT2D eigenvalue weighted by atomic mass is 32.1. The summed E-state index contributed by atoms with van der Waals surface area (Å²) in [6.45, 7) is 4.97. The molecule has 0 saturated heterocycles. The second-order valence-corrected chi connectivity index (χ2v) is 9.06. The molecule has 1 amide bonds. The van der Waals surface area contributed by atoms with E-state index >= 15 is 0 Å². The zero-order valence-electron chi connectivity index (χ0n) is 18.5. The topological polar surface area (TPSA) is 67.3 Å². The van der Waals surface area contributed by atoms with Crippen molar-refractivity contribution in [2.24, 2.45) is 0 Å². The number of rotatable bonds is 7. The smallest absolute Gasteiger partial charge is 0.261 e. The Hall–Kier alpha value is -2.67. The highest BCUT2D eigenvalue weighted by Gasteiger charge is 2.25. The zero-order chi connectivity index (χ0) is 21.8. The largest absolute Gasteiger partial charge is 0.494 e. The quantitative estimate of drug-likeness (QED) is 0.556. The van der Waals surface area contributed by atoms with Crippen LogP contribution < -0.4 is 15.0 Å². The van der Waals surface area contributed by atoms with Gasteiger partial charge in [0.2, 0.25) is 0 Å². The molecule has 0 unspecified atom stereocenters. The molecule has 1 N–H and O–H groups in total. The van der Waals surface area contributed by atoms with E-state index in [9.17, 15) is 4.79 Å². The Bertz CT molecular complexity index is 1060. The lowest BCUT2D eigenvalue weighted by atomic mass is 9.94. The van der Waals surface area contributed by atoms with Crippen LogP contribution in [0, 0.1) is 6.92 Å². The number of nitrogens with one attached hydrogen (secondary N) is 1. The fourth-order valence-corrected chi connectivity index (χ4v) is 5.44. The van der Waals surface area contributed by atoms with E-state index in [0.29, 0.717) is 24.1 Å². The number of aryl methyl sites for hydroxylation is 1. The van der Waals surface area contributed by atoms with Gasteiger partial charge >= 0.3 is 0 Å². The summed E-state index contributed by atoms with van der Waals surface area (Å²) in [5.41, 5.74) is 1.92. The first-order chi connectivity index (χ1) is 15.1. The van der Waals surface area contributed by atoms with Gasteiger partial charge in [0.25, 0.3) is 5.91 Å². The van der Waals surface area contributed by atoms with Crippen molar-refractivity contribution in [2.45, 2.75) is 58.5 Å². The summed E-state index contributed by atoms with van der Waals surface area (Å²) < 4.78 is 5.67. The summed E-state index contributed by atoms with van der Waals surface area (Å²) in [6.07, 6.45) is 7.85. The number of hydrogen-bond acceptors (Lipinski definition) is 6. The first-order valence-electron chi connectivity index (χ1n) is 11.1. The standard InChI is InChI=1S/C24H30N4O2S/c1-4-30-19-13-9-8-10-17(19)14-25-23(29)21-16(2)20-22(26-15-27-24(20)31-21)28(3)18-11-6-5-7-12-18/h8-10,13,15,18H,4-7,11-12,14H2,1-3H3,(H,25,29). The Morgan fingerprint density at radius 3 is 2.77 bits per heavy atom. The lowest BCUT2D eigenvalue weighted by Crippen LogP contribution is -2.34. The number of amides is 1. The monoisotopic (exact) mass is 438 g/mol. The predicted octanol–water partition coefficient (Wildman–Crippen LogP) is 5.10. The minimum absolute atomic E-state index is 0.0851. The fraction of sp³-hybridized carbons (Fsp3) is 0.458. The number of aromatic nitrogens is 2. The van der Waals surface area contributed by atoms with Crippen LogP contribution in [0.5, 0.6) is 5.75 Å². The molecular weight excluding hydrogens is 408 g/mol.